The molecule has 41 heavy (non-hydrogen) atoms. The first-order valence-electron chi connectivity index (χ1n) is 12.7. The van der Waals surface area contributed by atoms with Gasteiger partial charge in [0.15, 0.2) is 5.78 Å². The monoisotopic (exact) mass is 584 g/mol. The molecule has 0 unspecified atom stereocenters. The maximum Gasteiger partial charge on any atom is 0.416 e. The number of Topliss-reactive ketones (excluding diaryl/α,β-unsaturated/α-hetero) is 1. The first-order chi connectivity index (χ1) is 19.5. The number of rotatable bonds is 6. The number of hydrogen-bond acceptors (Lipinski definition) is 7. The van der Waals surface area contributed by atoms with E-state index in [0.717, 1.165) is 17.0 Å². The maximum absolute atomic E-state index is 14.3. The zero-order valence-corrected chi connectivity index (χ0v) is 22.4. The largest absolute Gasteiger partial charge is 0.465 e. The Hall–Kier alpha value is -4.32. The second kappa shape index (κ2) is 10.9. The number of benzene rings is 2. The number of ketones is 1. The van der Waals surface area contributed by atoms with E-state index in [1.807, 2.05) is 0 Å². The number of amides is 1. The van der Waals surface area contributed by atoms with E-state index in [1.165, 1.54) is 41.7 Å². The van der Waals surface area contributed by atoms with Crippen molar-refractivity contribution in [3.63, 3.8) is 0 Å². The Morgan fingerprint density at radius 1 is 1.10 bits per heavy atom. The molecule has 1 aliphatic heterocycles. The van der Waals surface area contributed by atoms with Crippen LogP contribution in [0.15, 0.2) is 77.3 Å². The molecule has 0 spiro atoms. The van der Waals surface area contributed by atoms with E-state index in [-0.39, 0.29) is 42.1 Å². The maximum atomic E-state index is 14.3. The van der Waals surface area contributed by atoms with Gasteiger partial charge >= 0.3 is 12.1 Å². The van der Waals surface area contributed by atoms with Crippen LogP contribution in [0.5, 0.6) is 0 Å². The summed E-state index contributed by atoms with van der Waals surface area (Å²) >= 11 is 1.31. The topological polar surface area (TPSA) is 107 Å². The van der Waals surface area contributed by atoms with Crippen LogP contribution >= 0.6 is 11.3 Å². The summed E-state index contributed by atoms with van der Waals surface area (Å²) in [5, 5.41) is 13.3. The average molecular weight is 585 g/mol. The summed E-state index contributed by atoms with van der Waals surface area (Å²) in [4.78, 5) is 53.9. The van der Waals surface area contributed by atoms with Gasteiger partial charge in [0.2, 0.25) is 5.91 Å². The van der Waals surface area contributed by atoms with Crippen molar-refractivity contribution < 1.29 is 37.2 Å². The molecule has 0 N–H and O–H groups in total. The molecule has 3 atom stereocenters. The van der Waals surface area contributed by atoms with Gasteiger partial charge in [-0.2, -0.15) is 13.2 Å². The Bertz CT molecular complexity index is 1570. The van der Waals surface area contributed by atoms with Crippen LogP contribution in [0.4, 0.5) is 24.5 Å². The van der Waals surface area contributed by atoms with E-state index in [2.05, 4.69) is 0 Å². The number of anilines is 1. The van der Waals surface area contributed by atoms with Crippen LogP contribution in [0, 0.1) is 16.0 Å². The van der Waals surface area contributed by atoms with Gasteiger partial charge in [0.25, 0.3) is 5.69 Å². The number of carbonyl (C=O) groups is 3. The molecular formula is C29H23F3N2O6S. The summed E-state index contributed by atoms with van der Waals surface area (Å²) in [6.45, 7) is 1.63. The number of nitro benzene ring substituents is 1. The number of nitro groups is 1. The van der Waals surface area contributed by atoms with E-state index in [4.69, 9.17) is 4.74 Å². The Morgan fingerprint density at radius 3 is 2.51 bits per heavy atom. The van der Waals surface area contributed by atoms with E-state index in [9.17, 15) is 37.7 Å². The van der Waals surface area contributed by atoms with E-state index >= 15 is 0 Å². The van der Waals surface area contributed by atoms with Crippen LogP contribution in [-0.4, -0.2) is 29.2 Å². The number of hydrogen-bond donors (Lipinski definition) is 0. The van der Waals surface area contributed by atoms with Crippen molar-refractivity contribution in [1.82, 2.24) is 0 Å². The van der Waals surface area contributed by atoms with Gasteiger partial charge in [0, 0.05) is 52.2 Å². The lowest BCUT2D eigenvalue weighted by Gasteiger charge is -2.42. The van der Waals surface area contributed by atoms with E-state index < -0.39 is 52.1 Å². The van der Waals surface area contributed by atoms with Crippen molar-refractivity contribution in [1.29, 1.82) is 0 Å². The minimum Gasteiger partial charge on any atom is -0.465 e. The summed E-state index contributed by atoms with van der Waals surface area (Å²) < 4.78 is 46.1. The number of ether oxygens (including phenoxy) is 1. The lowest BCUT2D eigenvalue weighted by molar-refractivity contribution is -0.384. The fraction of sp³-hybridized carbons (Fsp3) is 0.276. The van der Waals surface area contributed by atoms with Gasteiger partial charge < -0.3 is 4.74 Å². The van der Waals surface area contributed by atoms with Crippen LogP contribution in [0.1, 0.15) is 47.6 Å². The predicted octanol–water partition coefficient (Wildman–Crippen LogP) is 6.39. The molecule has 1 aliphatic carbocycles. The zero-order valence-electron chi connectivity index (χ0n) is 21.6. The molecule has 0 saturated heterocycles. The molecule has 0 radical (unpaired) electrons. The van der Waals surface area contributed by atoms with Crippen molar-refractivity contribution in [2.75, 3.05) is 11.5 Å². The van der Waals surface area contributed by atoms with Crippen LogP contribution in [-0.2, 0) is 25.3 Å². The SMILES string of the molecule is CCOC(=O)[C@@H]1C(=O)C2=C(C[C@@H]1c1cccs1)N(c1cccc(C(F)(F)F)c1)C(=O)C[C@@H]2c1cccc([N+](=O)[O-])c1. The number of allylic oxidation sites excluding steroid dienone is 2. The van der Waals surface area contributed by atoms with Crippen LogP contribution in [0.25, 0.3) is 0 Å². The molecular weight excluding hydrogens is 561 g/mol. The summed E-state index contributed by atoms with van der Waals surface area (Å²) in [6.07, 6.45) is -5.03. The smallest absolute Gasteiger partial charge is 0.416 e. The Balaban J connectivity index is 1.74. The molecule has 2 aliphatic rings. The lowest BCUT2D eigenvalue weighted by atomic mass is 9.69. The van der Waals surface area contributed by atoms with Crippen molar-refractivity contribution in [3.8, 4) is 0 Å². The average Bonchev–Trinajstić information content (AvgIpc) is 3.47. The highest BCUT2D eigenvalue weighted by Gasteiger charge is 2.50. The number of non-ortho nitro benzene ring substituents is 1. The second-order valence-corrected chi connectivity index (χ2v) is 10.6. The fourth-order valence-electron chi connectivity index (χ4n) is 5.56. The summed E-state index contributed by atoms with van der Waals surface area (Å²) in [5.74, 6) is -4.89. The minimum absolute atomic E-state index is 0.0154. The predicted molar refractivity (Wildman–Crippen MR) is 143 cm³/mol. The molecule has 2 aromatic carbocycles. The molecule has 1 amide bonds. The fourth-order valence-corrected chi connectivity index (χ4v) is 6.43. The third-order valence-electron chi connectivity index (χ3n) is 7.29. The van der Waals surface area contributed by atoms with Crippen molar-refractivity contribution in [3.05, 3.63) is 103 Å². The molecule has 2 heterocycles. The molecule has 1 aromatic heterocycles. The van der Waals surface area contributed by atoms with Crippen molar-refractivity contribution in [2.45, 2.75) is 37.8 Å². The van der Waals surface area contributed by atoms with E-state index in [1.54, 1.807) is 30.5 Å². The highest BCUT2D eigenvalue weighted by molar-refractivity contribution is 7.10. The molecule has 12 heteroatoms. The number of alkyl halides is 3. The molecule has 0 fully saturated rings. The van der Waals surface area contributed by atoms with E-state index in [0.29, 0.717) is 10.4 Å². The van der Waals surface area contributed by atoms with Crippen molar-refractivity contribution >= 4 is 40.4 Å². The molecule has 0 saturated carbocycles. The van der Waals surface area contributed by atoms with Crippen LogP contribution < -0.4 is 4.90 Å². The van der Waals surface area contributed by atoms with Crippen molar-refractivity contribution in [2.24, 2.45) is 5.92 Å². The first-order valence-corrected chi connectivity index (χ1v) is 13.6. The number of esters is 1. The van der Waals surface area contributed by atoms with Gasteiger partial charge in [0.05, 0.1) is 17.1 Å². The van der Waals surface area contributed by atoms with Gasteiger partial charge in [-0.1, -0.05) is 24.3 Å². The highest BCUT2D eigenvalue weighted by Crippen LogP contribution is 2.50. The standard InChI is InChI=1S/C29H23F3N2O6S/c1-2-40-28(37)26-21(23-10-5-11-41-23)14-22-25(27(26)36)20(16-6-3-9-19(12-16)34(38)39)15-24(35)33(22)18-8-4-7-17(13-18)29(30,31)32/h3-13,20-21,26H,2,14-15H2,1H3/t20-,21-,26+/m1/s1. The van der Waals surface area contributed by atoms with Gasteiger partial charge in [-0.15, -0.1) is 11.3 Å². The molecule has 3 aromatic rings. The molecule has 5 rings (SSSR count). The number of halogens is 3. The van der Waals surface area contributed by atoms with Gasteiger partial charge in [-0.25, -0.2) is 0 Å². The quantitative estimate of drug-likeness (QED) is 0.144. The Labute approximate surface area is 236 Å². The minimum atomic E-state index is -4.67. The summed E-state index contributed by atoms with van der Waals surface area (Å²) in [7, 11) is 0. The summed E-state index contributed by atoms with van der Waals surface area (Å²) in [5.41, 5.74) is -0.739. The number of thiophene rings is 1. The molecule has 212 valence electrons. The van der Waals surface area contributed by atoms with Gasteiger partial charge in [-0.05, 0) is 48.6 Å². The number of carbonyl (C=O) groups excluding carboxylic acids is 3. The van der Waals surface area contributed by atoms with Crippen LogP contribution in [0.2, 0.25) is 0 Å². The first kappa shape index (κ1) is 28.2. The third-order valence-corrected chi connectivity index (χ3v) is 8.29. The van der Waals surface area contributed by atoms with Gasteiger partial charge in [-0.3, -0.25) is 29.4 Å². The molecule has 0 bridgehead atoms. The zero-order chi connectivity index (χ0) is 29.5. The summed E-state index contributed by atoms with van der Waals surface area (Å²) in [6, 6.07) is 13.3. The Kier molecular flexibility index (Phi) is 7.52. The van der Waals surface area contributed by atoms with Crippen LogP contribution in [0.3, 0.4) is 0 Å². The third kappa shape index (κ3) is 5.26. The Morgan fingerprint density at radius 2 is 1.85 bits per heavy atom. The normalized spacial score (nSPS) is 21.1. The lowest BCUT2D eigenvalue weighted by Crippen LogP contribution is -2.46. The highest BCUT2D eigenvalue weighted by atomic mass is 32.1. The second-order valence-electron chi connectivity index (χ2n) is 9.67. The van der Waals surface area contributed by atoms with Gasteiger partial charge in [0.1, 0.15) is 5.92 Å². The number of nitrogens with zero attached hydrogens (tertiary/aromatic N) is 2. The molecule has 8 nitrogen and oxygen atoms in total.